The molecule has 0 aliphatic carbocycles. The highest BCUT2D eigenvalue weighted by atomic mass is 32.2. The Morgan fingerprint density at radius 3 is 1.97 bits per heavy atom. The minimum Gasteiger partial charge on any atom is -0.504 e. The number of aryl methyl sites for hydroxylation is 2. The van der Waals surface area contributed by atoms with Crippen molar-refractivity contribution in [1.82, 2.24) is 9.97 Å². The van der Waals surface area contributed by atoms with E-state index in [2.05, 4.69) is 20.0 Å². The van der Waals surface area contributed by atoms with Gasteiger partial charge in [-0.15, -0.1) is 0 Å². The Hall–Kier alpha value is -3.86. The van der Waals surface area contributed by atoms with E-state index in [9.17, 15) is 28.5 Å². The van der Waals surface area contributed by atoms with Crippen LogP contribution in [-0.2, 0) is 10.0 Å². The first-order chi connectivity index (χ1) is 14.0. The number of hydrogen-bond donors (Lipinski definition) is 5. The third kappa shape index (κ3) is 4.58. The van der Waals surface area contributed by atoms with Crippen molar-refractivity contribution < 1.29 is 28.5 Å². The average molecular weight is 430 g/mol. The lowest BCUT2D eigenvalue weighted by atomic mass is 10.1. The standard InChI is InChI=1S/C19H18N4O6S/c1-10-7-11(2)21-19(20-10)23-30(28,29)14-5-3-13(4-6-14)22-18(27)12-8-15(24)17(26)16(25)9-12/h3-9,24-26H,1-2H3,(H,22,27)(H,20,21,23). The lowest BCUT2D eigenvalue weighted by molar-refractivity contribution is 0.102. The van der Waals surface area contributed by atoms with Gasteiger partial charge in [-0.25, -0.2) is 23.1 Å². The molecule has 0 saturated heterocycles. The third-order valence-corrected chi connectivity index (χ3v) is 5.31. The molecule has 0 bridgehead atoms. The number of nitrogens with one attached hydrogen (secondary N) is 2. The largest absolute Gasteiger partial charge is 0.504 e. The van der Waals surface area contributed by atoms with Gasteiger partial charge in [-0.3, -0.25) is 4.79 Å². The molecular weight excluding hydrogens is 412 g/mol. The van der Waals surface area contributed by atoms with Gasteiger partial charge in [0, 0.05) is 22.6 Å². The summed E-state index contributed by atoms with van der Waals surface area (Å²) in [4.78, 5) is 20.3. The first-order valence-electron chi connectivity index (χ1n) is 8.56. The van der Waals surface area contributed by atoms with Gasteiger partial charge in [-0.05, 0) is 56.3 Å². The Morgan fingerprint density at radius 2 is 1.43 bits per heavy atom. The molecule has 3 aromatic rings. The Balaban J connectivity index is 1.76. The summed E-state index contributed by atoms with van der Waals surface area (Å²) < 4.78 is 27.4. The zero-order valence-corrected chi connectivity index (χ0v) is 16.7. The van der Waals surface area contributed by atoms with E-state index in [1.54, 1.807) is 19.9 Å². The number of carbonyl (C=O) groups excluding carboxylic acids is 1. The van der Waals surface area contributed by atoms with E-state index in [1.807, 2.05) is 0 Å². The summed E-state index contributed by atoms with van der Waals surface area (Å²) in [6.45, 7) is 3.44. The summed E-state index contributed by atoms with van der Waals surface area (Å²) >= 11 is 0. The van der Waals surface area contributed by atoms with E-state index in [1.165, 1.54) is 24.3 Å². The van der Waals surface area contributed by atoms with Crippen LogP contribution < -0.4 is 10.0 Å². The number of sulfonamides is 1. The minimum absolute atomic E-state index is 0.0446. The normalized spacial score (nSPS) is 11.1. The molecule has 0 spiro atoms. The number of benzene rings is 2. The monoisotopic (exact) mass is 430 g/mol. The molecule has 0 aliphatic heterocycles. The maximum absolute atomic E-state index is 12.5. The van der Waals surface area contributed by atoms with Crippen molar-refractivity contribution in [3.63, 3.8) is 0 Å². The van der Waals surface area contributed by atoms with Crippen LogP contribution in [0.4, 0.5) is 11.6 Å². The number of aromatic hydroxyl groups is 3. The summed E-state index contributed by atoms with van der Waals surface area (Å²) in [6.07, 6.45) is 0. The molecule has 0 saturated carbocycles. The number of amides is 1. The van der Waals surface area contributed by atoms with Crippen molar-refractivity contribution in [2.75, 3.05) is 10.0 Å². The number of nitrogens with zero attached hydrogens (tertiary/aromatic N) is 2. The molecule has 0 atom stereocenters. The van der Waals surface area contributed by atoms with Crippen LogP contribution in [0.3, 0.4) is 0 Å². The quantitative estimate of drug-likeness (QED) is 0.385. The fraction of sp³-hybridized carbons (Fsp3) is 0.105. The molecule has 156 valence electrons. The lowest BCUT2D eigenvalue weighted by Crippen LogP contribution is -2.16. The van der Waals surface area contributed by atoms with Crippen LogP contribution in [0.5, 0.6) is 17.2 Å². The van der Waals surface area contributed by atoms with Crippen LogP contribution in [0, 0.1) is 13.8 Å². The smallest absolute Gasteiger partial charge is 0.264 e. The van der Waals surface area contributed by atoms with Gasteiger partial charge >= 0.3 is 0 Å². The van der Waals surface area contributed by atoms with E-state index in [0.29, 0.717) is 11.4 Å². The molecule has 1 amide bonds. The molecule has 2 aromatic carbocycles. The van der Waals surface area contributed by atoms with Crippen LogP contribution in [-0.4, -0.2) is 39.6 Å². The van der Waals surface area contributed by atoms with Gasteiger partial charge in [-0.1, -0.05) is 0 Å². The molecule has 11 heteroatoms. The molecule has 1 heterocycles. The van der Waals surface area contributed by atoms with E-state index >= 15 is 0 Å². The predicted octanol–water partition coefficient (Wildman–Crippen LogP) is 2.26. The fourth-order valence-corrected chi connectivity index (χ4v) is 3.55. The number of hydrogen-bond acceptors (Lipinski definition) is 8. The number of phenols is 3. The summed E-state index contributed by atoms with van der Waals surface area (Å²) in [5.74, 6) is -2.77. The summed E-state index contributed by atoms with van der Waals surface area (Å²) in [7, 11) is -3.94. The zero-order chi connectivity index (χ0) is 22.1. The number of anilines is 2. The molecular formula is C19H18N4O6S. The van der Waals surface area contributed by atoms with Crippen LogP contribution in [0.25, 0.3) is 0 Å². The van der Waals surface area contributed by atoms with Crippen LogP contribution in [0.2, 0.25) is 0 Å². The molecule has 10 nitrogen and oxygen atoms in total. The van der Waals surface area contributed by atoms with Crippen molar-refractivity contribution in [2.24, 2.45) is 0 Å². The maximum atomic E-state index is 12.5. The average Bonchev–Trinajstić information content (AvgIpc) is 2.65. The second-order valence-electron chi connectivity index (χ2n) is 6.42. The highest BCUT2D eigenvalue weighted by Crippen LogP contribution is 2.35. The first kappa shape index (κ1) is 20.9. The van der Waals surface area contributed by atoms with Gasteiger partial charge in [0.15, 0.2) is 17.2 Å². The van der Waals surface area contributed by atoms with Gasteiger partial charge in [-0.2, -0.15) is 0 Å². The zero-order valence-electron chi connectivity index (χ0n) is 15.9. The van der Waals surface area contributed by atoms with Crippen molar-refractivity contribution in [3.05, 3.63) is 59.4 Å². The molecule has 3 rings (SSSR count). The molecule has 0 radical (unpaired) electrons. The third-order valence-electron chi connectivity index (χ3n) is 3.96. The van der Waals surface area contributed by atoms with Crippen LogP contribution in [0.15, 0.2) is 47.4 Å². The Labute approximate surface area is 171 Å². The molecule has 30 heavy (non-hydrogen) atoms. The Morgan fingerprint density at radius 1 is 0.900 bits per heavy atom. The fourth-order valence-electron chi connectivity index (χ4n) is 2.61. The highest BCUT2D eigenvalue weighted by Gasteiger charge is 2.17. The second kappa shape index (κ2) is 7.87. The van der Waals surface area contributed by atoms with Gasteiger partial charge < -0.3 is 20.6 Å². The van der Waals surface area contributed by atoms with Gasteiger partial charge in [0.05, 0.1) is 4.90 Å². The number of carbonyl (C=O) groups is 1. The summed E-state index contributed by atoms with van der Waals surface area (Å²) in [6, 6.07) is 8.99. The highest BCUT2D eigenvalue weighted by molar-refractivity contribution is 7.92. The second-order valence-corrected chi connectivity index (χ2v) is 8.10. The van der Waals surface area contributed by atoms with E-state index in [-0.39, 0.29) is 22.1 Å². The molecule has 0 unspecified atom stereocenters. The van der Waals surface area contributed by atoms with Gasteiger partial charge in [0.1, 0.15) is 0 Å². The topological polar surface area (TPSA) is 162 Å². The van der Waals surface area contributed by atoms with Crippen molar-refractivity contribution in [3.8, 4) is 17.2 Å². The van der Waals surface area contributed by atoms with Crippen LogP contribution >= 0.6 is 0 Å². The summed E-state index contributed by atoms with van der Waals surface area (Å²) in [5.41, 5.74) is 1.40. The maximum Gasteiger partial charge on any atom is 0.264 e. The predicted molar refractivity (Wildman–Crippen MR) is 108 cm³/mol. The minimum atomic E-state index is -3.94. The van der Waals surface area contributed by atoms with E-state index in [0.717, 1.165) is 12.1 Å². The van der Waals surface area contributed by atoms with Crippen LogP contribution in [0.1, 0.15) is 21.7 Å². The van der Waals surface area contributed by atoms with E-state index in [4.69, 9.17) is 0 Å². The van der Waals surface area contributed by atoms with Gasteiger partial charge in [0.2, 0.25) is 5.95 Å². The Bertz CT molecular complexity index is 1180. The SMILES string of the molecule is Cc1cc(C)nc(NS(=O)(=O)c2ccc(NC(=O)c3cc(O)c(O)c(O)c3)cc2)n1. The lowest BCUT2D eigenvalue weighted by Gasteiger charge is -2.10. The molecule has 1 aromatic heterocycles. The number of aromatic nitrogens is 2. The Kier molecular flexibility index (Phi) is 5.47. The summed E-state index contributed by atoms with van der Waals surface area (Å²) in [5, 5.41) is 30.8. The number of rotatable bonds is 5. The molecule has 5 N–H and O–H groups in total. The van der Waals surface area contributed by atoms with Crippen molar-refractivity contribution in [2.45, 2.75) is 18.7 Å². The van der Waals surface area contributed by atoms with Crippen molar-refractivity contribution in [1.29, 1.82) is 0 Å². The molecule has 0 aliphatic rings. The van der Waals surface area contributed by atoms with E-state index < -0.39 is 33.2 Å². The van der Waals surface area contributed by atoms with Crippen molar-refractivity contribution >= 4 is 27.6 Å². The first-order valence-corrected chi connectivity index (χ1v) is 10.0. The van der Waals surface area contributed by atoms with Gasteiger partial charge in [0.25, 0.3) is 15.9 Å². The number of phenolic OH excluding ortho intramolecular Hbond substituents is 3. The molecule has 0 fully saturated rings.